The van der Waals surface area contributed by atoms with Crippen molar-refractivity contribution in [2.75, 3.05) is 39.3 Å². The fourth-order valence-corrected chi connectivity index (χ4v) is 12.7. The zero-order chi connectivity index (χ0) is 69.2. The van der Waals surface area contributed by atoms with Crippen LogP contribution in [0.25, 0.3) is 33.4 Å². The minimum Gasteiger partial charge on any atom is -0.406 e. The van der Waals surface area contributed by atoms with Crippen LogP contribution in [-0.4, -0.2) is 147 Å². The lowest BCUT2D eigenvalue weighted by atomic mass is 9.81. The van der Waals surface area contributed by atoms with Crippen LogP contribution in [0, 0.1) is 0 Å². The molecule has 0 spiro atoms. The van der Waals surface area contributed by atoms with Crippen molar-refractivity contribution in [3.05, 3.63) is 235 Å². The van der Waals surface area contributed by atoms with Crippen LogP contribution in [0.15, 0.2) is 232 Å². The summed E-state index contributed by atoms with van der Waals surface area (Å²) in [5, 5.41) is 0. The molecule has 15 rings (SSSR count). The van der Waals surface area contributed by atoms with E-state index in [-0.39, 0.29) is 25.7 Å². The Balaban J connectivity index is 0.000000141. The first-order valence-corrected chi connectivity index (χ1v) is 30.8. The molecular formula is C69H57BF9N18O3. The zero-order valence-electron chi connectivity index (χ0n) is 52.6. The van der Waals surface area contributed by atoms with E-state index in [0.717, 1.165) is 69.3 Å². The van der Waals surface area contributed by atoms with Crippen molar-refractivity contribution in [2.24, 2.45) is 47.2 Å². The molecule has 21 nitrogen and oxygen atoms in total. The minimum absolute atomic E-state index is 0. The van der Waals surface area contributed by atoms with E-state index in [0.29, 0.717) is 91.3 Å². The van der Waals surface area contributed by atoms with Crippen LogP contribution >= 0.6 is 0 Å². The summed E-state index contributed by atoms with van der Waals surface area (Å²) in [5.41, 5.74) is 24.9. The summed E-state index contributed by atoms with van der Waals surface area (Å²) >= 11 is 0. The molecule has 0 saturated carbocycles. The number of nitrogens with zero attached hydrogens (tertiary/aromatic N) is 15. The fourth-order valence-electron chi connectivity index (χ4n) is 12.7. The van der Waals surface area contributed by atoms with Gasteiger partial charge in [-0.2, -0.15) is 0 Å². The van der Waals surface area contributed by atoms with Crippen molar-refractivity contribution in [1.82, 2.24) is 44.6 Å². The third-order valence-electron chi connectivity index (χ3n) is 16.9. The number of ether oxygens (including phenoxy) is 3. The molecule has 31 heteroatoms. The predicted octanol–water partition coefficient (Wildman–Crippen LogP) is 10.8. The third kappa shape index (κ3) is 13.8. The highest BCUT2D eigenvalue weighted by Crippen LogP contribution is 2.47. The molecule has 3 atom stereocenters. The molecule has 9 aromatic rings. The summed E-state index contributed by atoms with van der Waals surface area (Å²) < 4.78 is 126. The Morgan fingerprint density at radius 1 is 0.330 bits per heavy atom. The second-order valence-electron chi connectivity index (χ2n) is 23.0. The topological polar surface area (TPSA) is 267 Å². The van der Waals surface area contributed by atoms with Gasteiger partial charge in [0.15, 0.2) is 34.5 Å². The van der Waals surface area contributed by atoms with E-state index >= 15 is 0 Å². The Morgan fingerprint density at radius 2 is 0.580 bits per heavy atom. The number of aromatic nitrogens is 6. The number of aliphatic imine (C=N–C) groups is 6. The Hall–Kier alpha value is -11.8. The summed E-state index contributed by atoms with van der Waals surface area (Å²) in [6.45, 7) is 3.82. The summed E-state index contributed by atoms with van der Waals surface area (Å²) in [7, 11) is 0. The van der Waals surface area contributed by atoms with E-state index in [2.05, 4.69) is 44.1 Å². The van der Waals surface area contributed by atoms with Gasteiger partial charge in [0.2, 0.25) is 0 Å². The average molecular weight is 1370 g/mol. The highest BCUT2D eigenvalue weighted by Gasteiger charge is 2.52. The van der Waals surface area contributed by atoms with Gasteiger partial charge in [-0.3, -0.25) is 29.7 Å². The predicted molar refractivity (Wildman–Crippen MR) is 356 cm³/mol. The maximum Gasteiger partial charge on any atom is 0.573 e. The molecule has 3 aromatic heterocycles. The lowest BCUT2D eigenvalue weighted by Gasteiger charge is -2.33. The van der Waals surface area contributed by atoms with E-state index in [1.807, 2.05) is 87.5 Å². The minimum atomic E-state index is -4.77. The molecule has 6 N–H and O–H groups in total. The lowest BCUT2D eigenvalue weighted by molar-refractivity contribution is -0.275. The third-order valence-corrected chi connectivity index (χ3v) is 16.9. The molecule has 0 amide bonds. The summed E-state index contributed by atoms with van der Waals surface area (Å²) in [6, 6.07) is 40.1. The number of fused-ring (bicyclic) bond motifs is 3. The van der Waals surface area contributed by atoms with Gasteiger partial charge < -0.3 is 31.4 Å². The number of hydrogen-bond donors (Lipinski definition) is 3. The zero-order valence-corrected chi connectivity index (χ0v) is 52.6. The van der Waals surface area contributed by atoms with Crippen molar-refractivity contribution < 1.29 is 53.7 Å². The molecule has 3 radical (unpaired) electrons. The largest absolute Gasteiger partial charge is 0.573 e. The van der Waals surface area contributed by atoms with E-state index < -0.39 is 35.7 Å². The highest BCUT2D eigenvalue weighted by molar-refractivity contribution is 6.14. The monoisotopic (exact) mass is 1370 g/mol. The Kier molecular flexibility index (Phi) is 18.8. The molecule has 0 bridgehead atoms. The van der Waals surface area contributed by atoms with Gasteiger partial charge in [0.05, 0.1) is 0 Å². The van der Waals surface area contributed by atoms with Crippen LogP contribution in [0.4, 0.5) is 39.5 Å². The molecule has 6 aromatic carbocycles. The number of hydrogen-bond acceptors (Lipinski definition) is 21. The van der Waals surface area contributed by atoms with E-state index in [4.69, 9.17) is 47.2 Å². The molecule has 6 aliphatic heterocycles. The molecule has 100 heavy (non-hydrogen) atoms. The first-order chi connectivity index (χ1) is 47.6. The number of nitrogens with two attached hydrogens (primary N) is 3. The van der Waals surface area contributed by atoms with Gasteiger partial charge in [-0.25, -0.2) is 44.9 Å². The van der Waals surface area contributed by atoms with Crippen molar-refractivity contribution in [3.63, 3.8) is 0 Å². The normalized spacial score (nSPS) is 19.9. The van der Waals surface area contributed by atoms with Gasteiger partial charge in [0.1, 0.15) is 53.7 Å². The van der Waals surface area contributed by atoms with Crippen molar-refractivity contribution >= 4 is 43.8 Å². The fraction of sp³-hybridized carbons (Fsp3) is 0.217. The molecule has 0 saturated heterocycles. The van der Waals surface area contributed by atoms with Crippen LogP contribution in [0.2, 0.25) is 0 Å². The van der Waals surface area contributed by atoms with E-state index in [1.165, 1.54) is 55.4 Å². The van der Waals surface area contributed by atoms with Gasteiger partial charge >= 0.3 is 19.1 Å². The van der Waals surface area contributed by atoms with Gasteiger partial charge in [0.25, 0.3) is 0 Å². The smallest absolute Gasteiger partial charge is 0.406 e. The second-order valence-corrected chi connectivity index (χ2v) is 23.0. The lowest BCUT2D eigenvalue weighted by Crippen LogP contribution is -2.46. The number of guanidine groups is 3. The standard InChI is InChI=1S/3C23H19F3N6O.B/c3*24-23(25,26)33-19-7-5-17(6-8-19)22(20-30-9-2-10-32(20)21(27)31-22)18-4-1-3-15(11-18)16-12-28-14-29-13-16;/h3*1,3-8,11-14H,2,9-10H2,(H2,27,31);/t2*22-;;/m10../s1. The maximum atomic E-state index is 12.7. The van der Waals surface area contributed by atoms with Crippen LogP contribution < -0.4 is 31.4 Å². The number of benzene rings is 6. The molecule has 1 unspecified atom stereocenters. The SMILES string of the molecule is NC1=NC(c2ccc(OC(F)(F)F)cc2)(c2cccc(-c3cncnc3)c2)C2=NCCCN12.NC1=N[C@@](c2ccc(OC(F)(F)F)cc2)(c2cccc(-c3cncnc3)c2)C2=NCCCN12.NC1=N[C@](c2ccc(OC(F)(F)F)cc2)(c2cccc(-c3cncnc3)c2)C2=NCCCN12.[B]. The molecule has 9 heterocycles. The summed E-state index contributed by atoms with van der Waals surface area (Å²) in [6.07, 6.45) is 2.78. The van der Waals surface area contributed by atoms with E-state index in [9.17, 15) is 39.5 Å². The van der Waals surface area contributed by atoms with Gasteiger partial charge in [-0.05, 0) is 124 Å². The molecule has 0 aliphatic carbocycles. The van der Waals surface area contributed by atoms with Crippen LogP contribution in [0.5, 0.6) is 17.2 Å². The average Bonchev–Trinajstić information content (AvgIpc) is 1.56. The molecule has 507 valence electrons. The summed E-state index contributed by atoms with van der Waals surface area (Å²) in [4.78, 5) is 58.8. The van der Waals surface area contributed by atoms with Crippen molar-refractivity contribution in [1.29, 1.82) is 0 Å². The van der Waals surface area contributed by atoms with Gasteiger partial charge in [0, 0.05) is 102 Å². The molecular weight excluding hydrogens is 1310 g/mol. The van der Waals surface area contributed by atoms with Crippen molar-refractivity contribution in [3.8, 4) is 50.6 Å². The maximum absolute atomic E-state index is 12.7. The first-order valence-electron chi connectivity index (χ1n) is 30.8. The number of rotatable bonds is 12. The number of halogens is 9. The molecule has 0 fully saturated rings. The second kappa shape index (κ2) is 27.6. The number of amidine groups is 3. The van der Waals surface area contributed by atoms with Crippen molar-refractivity contribution in [2.45, 2.75) is 55.0 Å². The first kappa shape index (κ1) is 68.2. The Labute approximate surface area is 567 Å². The van der Waals surface area contributed by atoms with Crippen LogP contribution in [0.3, 0.4) is 0 Å². The van der Waals surface area contributed by atoms with Gasteiger partial charge in [-0.15, -0.1) is 39.5 Å². The highest BCUT2D eigenvalue weighted by atomic mass is 19.4. The van der Waals surface area contributed by atoms with Gasteiger partial charge in [-0.1, -0.05) is 91.0 Å². The summed E-state index contributed by atoms with van der Waals surface area (Å²) in [5.74, 6) is 1.97. The molecule has 6 aliphatic rings. The van der Waals surface area contributed by atoms with E-state index in [1.54, 1.807) is 73.6 Å². The van der Waals surface area contributed by atoms with Crippen LogP contribution in [-0.2, 0) is 16.6 Å². The Bertz CT molecular complexity index is 4150. The number of alkyl halides is 9. The Morgan fingerprint density at radius 3 is 0.820 bits per heavy atom. The van der Waals surface area contributed by atoms with Crippen LogP contribution in [0.1, 0.15) is 52.6 Å². The quantitative estimate of drug-likeness (QED) is 0.0758.